The quantitative estimate of drug-likeness (QED) is 0.718. The molecule has 2 N–H and O–H groups in total. The van der Waals surface area contributed by atoms with Crippen molar-refractivity contribution in [2.24, 2.45) is 5.92 Å². The third kappa shape index (κ3) is 4.50. The molecule has 1 aliphatic carbocycles. The third-order valence-electron chi connectivity index (χ3n) is 5.36. The van der Waals surface area contributed by atoms with E-state index in [9.17, 15) is 5.11 Å². The first-order valence-electron chi connectivity index (χ1n) is 9.61. The minimum Gasteiger partial charge on any atom is -0.494 e. The number of nitrogens with zero attached hydrogens (tertiary/aromatic N) is 1. The van der Waals surface area contributed by atoms with E-state index in [1.54, 1.807) is 0 Å². The maximum Gasteiger partial charge on any atom is 0.124 e. The van der Waals surface area contributed by atoms with E-state index in [4.69, 9.17) is 4.74 Å². The van der Waals surface area contributed by atoms with Crippen molar-refractivity contribution in [3.8, 4) is 5.75 Å². The van der Waals surface area contributed by atoms with Crippen LogP contribution in [0.4, 0.5) is 0 Å². The summed E-state index contributed by atoms with van der Waals surface area (Å²) in [5.41, 5.74) is 4.28. The summed E-state index contributed by atoms with van der Waals surface area (Å²) in [5, 5.41) is 12.9. The predicted molar refractivity (Wildman–Crippen MR) is 97.6 cm³/mol. The zero-order valence-corrected chi connectivity index (χ0v) is 15.0. The van der Waals surface area contributed by atoms with Crippen LogP contribution in [-0.4, -0.2) is 49.4 Å². The second kappa shape index (κ2) is 8.84. The number of aliphatic hydroxyl groups excluding tert-OH is 1. The SMILES string of the molecule is CCOc1cc2c(cc1CNCCN1CCCC(CO)C1)CCC2. The van der Waals surface area contributed by atoms with Gasteiger partial charge in [-0.15, -0.1) is 0 Å². The number of rotatable bonds is 8. The Morgan fingerprint density at radius 3 is 2.88 bits per heavy atom. The molecule has 2 aliphatic rings. The van der Waals surface area contributed by atoms with E-state index in [0.29, 0.717) is 12.5 Å². The Bertz CT molecular complexity index is 533. The number of benzene rings is 1. The topological polar surface area (TPSA) is 44.7 Å². The summed E-state index contributed by atoms with van der Waals surface area (Å²) < 4.78 is 5.86. The van der Waals surface area contributed by atoms with Crippen LogP contribution in [0.2, 0.25) is 0 Å². The maximum atomic E-state index is 9.33. The normalized spacial score (nSPS) is 21.0. The molecule has 1 atom stereocenters. The molecule has 0 saturated carbocycles. The fraction of sp³-hybridized carbons (Fsp3) is 0.700. The highest BCUT2D eigenvalue weighted by Gasteiger charge is 2.19. The van der Waals surface area contributed by atoms with E-state index in [0.717, 1.165) is 38.5 Å². The van der Waals surface area contributed by atoms with Crippen LogP contribution in [0.1, 0.15) is 42.9 Å². The van der Waals surface area contributed by atoms with Gasteiger partial charge in [0.1, 0.15) is 5.75 Å². The van der Waals surface area contributed by atoms with Gasteiger partial charge in [0, 0.05) is 38.3 Å². The Hall–Kier alpha value is -1.10. The minimum atomic E-state index is 0.330. The fourth-order valence-electron chi connectivity index (χ4n) is 4.04. The molecule has 1 heterocycles. The van der Waals surface area contributed by atoms with Crippen molar-refractivity contribution in [3.63, 3.8) is 0 Å². The van der Waals surface area contributed by atoms with Crippen LogP contribution in [-0.2, 0) is 19.4 Å². The zero-order valence-electron chi connectivity index (χ0n) is 15.0. The van der Waals surface area contributed by atoms with Crippen LogP contribution in [0.15, 0.2) is 12.1 Å². The van der Waals surface area contributed by atoms with Gasteiger partial charge in [0.2, 0.25) is 0 Å². The van der Waals surface area contributed by atoms with Crippen molar-refractivity contribution >= 4 is 0 Å². The Morgan fingerprint density at radius 2 is 2.08 bits per heavy atom. The average Bonchev–Trinajstić information content (AvgIpc) is 3.06. The molecule has 1 aromatic rings. The van der Waals surface area contributed by atoms with Gasteiger partial charge < -0.3 is 20.1 Å². The van der Waals surface area contributed by atoms with Crippen LogP contribution >= 0.6 is 0 Å². The summed E-state index contributed by atoms with van der Waals surface area (Å²) in [7, 11) is 0. The van der Waals surface area contributed by atoms with Crippen molar-refractivity contribution in [2.75, 3.05) is 39.4 Å². The molecule has 0 radical (unpaired) electrons. The number of fused-ring (bicyclic) bond motifs is 1. The van der Waals surface area contributed by atoms with Gasteiger partial charge in [-0.3, -0.25) is 0 Å². The van der Waals surface area contributed by atoms with Gasteiger partial charge in [-0.25, -0.2) is 0 Å². The highest BCUT2D eigenvalue weighted by molar-refractivity contribution is 5.44. The van der Waals surface area contributed by atoms with Crippen LogP contribution in [0.3, 0.4) is 0 Å². The first kappa shape index (κ1) is 17.7. The van der Waals surface area contributed by atoms with E-state index in [-0.39, 0.29) is 0 Å². The minimum absolute atomic E-state index is 0.330. The van der Waals surface area contributed by atoms with Crippen molar-refractivity contribution in [1.29, 1.82) is 0 Å². The first-order valence-corrected chi connectivity index (χ1v) is 9.61. The lowest BCUT2D eigenvalue weighted by Crippen LogP contribution is -2.40. The second-order valence-electron chi connectivity index (χ2n) is 7.18. The van der Waals surface area contributed by atoms with Crippen LogP contribution in [0.5, 0.6) is 5.75 Å². The largest absolute Gasteiger partial charge is 0.494 e. The Labute approximate surface area is 146 Å². The molecule has 134 valence electrons. The van der Waals surface area contributed by atoms with Crippen molar-refractivity contribution < 1.29 is 9.84 Å². The number of aryl methyl sites for hydroxylation is 2. The number of hydrogen-bond donors (Lipinski definition) is 2. The van der Waals surface area contributed by atoms with Gasteiger partial charge in [-0.05, 0) is 68.7 Å². The number of piperidine rings is 1. The summed E-state index contributed by atoms with van der Waals surface area (Å²) >= 11 is 0. The fourth-order valence-corrected chi connectivity index (χ4v) is 4.04. The van der Waals surface area contributed by atoms with Gasteiger partial charge in [0.05, 0.1) is 6.61 Å². The molecular formula is C20H32N2O2. The number of hydrogen-bond acceptors (Lipinski definition) is 4. The lowest BCUT2D eigenvalue weighted by atomic mass is 9.99. The van der Waals surface area contributed by atoms with Crippen molar-refractivity contribution in [3.05, 3.63) is 28.8 Å². The van der Waals surface area contributed by atoms with Crippen LogP contribution in [0.25, 0.3) is 0 Å². The van der Waals surface area contributed by atoms with Crippen LogP contribution < -0.4 is 10.1 Å². The molecule has 4 heteroatoms. The molecule has 1 aliphatic heterocycles. The van der Waals surface area contributed by atoms with Gasteiger partial charge >= 0.3 is 0 Å². The van der Waals surface area contributed by atoms with Gasteiger partial charge in [-0.1, -0.05) is 6.07 Å². The number of likely N-dealkylation sites (tertiary alicyclic amines) is 1. The van der Waals surface area contributed by atoms with E-state index in [1.807, 2.05) is 0 Å². The van der Waals surface area contributed by atoms with Gasteiger partial charge in [0.25, 0.3) is 0 Å². The number of aliphatic hydroxyl groups is 1. The second-order valence-corrected chi connectivity index (χ2v) is 7.18. The first-order chi connectivity index (χ1) is 11.8. The monoisotopic (exact) mass is 332 g/mol. The van der Waals surface area contributed by atoms with Gasteiger partial charge in [-0.2, -0.15) is 0 Å². The lowest BCUT2D eigenvalue weighted by Gasteiger charge is -2.31. The van der Waals surface area contributed by atoms with E-state index in [1.165, 1.54) is 55.3 Å². The van der Waals surface area contributed by atoms with Crippen molar-refractivity contribution in [1.82, 2.24) is 10.2 Å². The smallest absolute Gasteiger partial charge is 0.124 e. The highest BCUT2D eigenvalue weighted by Crippen LogP contribution is 2.30. The van der Waals surface area contributed by atoms with Crippen LogP contribution in [0, 0.1) is 5.92 Å². The molecule has 4 nitrogen and oxygen atoms in total. The summed E-state index contributed by atoms with van der Waals surface area (Å²) in [6.07, 6.45) is 6.08. The summed E-state index contributed by atoms with van der Waals surface area (Å²) in [6, 6.07) is 4.61. The highest BCUT2D eigenvalue weighted by atomic mass is 16.5. The molecule has 1 aromatic carbocycles. The van der Waals surface area contributed by atoms with E-state index >= 15 is 0 Å². The molecule has 0 bridgehead atoms. The predicted octanol–water partition coefficient (Wildman–Crippen LogP) is 2.37. The Kier molecular flexibility index (Phi) is 6.52. The molecule has 1 saturated heterocycles. The zero-order chi connectivity index (χ0) is 16.8. The molecule has 3 rings (SSSR count). The third-order valence-corrected chi connectivity index (χ3v) is 5.36. The van der Waals surface area contributed by atoms with E-state index < -0.39 is 0 Å². The summed E-state index contributed by atoms with van der Waals surface area (Å²) in [4.78, 5) is 2.48. The molecule has 0 spiro atoms. The lowest BCUT2D eigenvalue weighted by molar-refractivity contribution is 0.121. The standard InChI is InChI=1S/C20H32N2O2/c1-2-24-20-12-18-7-3-6-17(18)11-19(20)13-21-8-10-22-9-4-5-16(14-22)15-23/h11-12,16,21,23H,2-10,13-15H2,1H3. The summed E-state index contributed by atoms with van der Waals surface area (Å²) in [6.45, 7) is 8.24. The molecule has 24 heavy (non-hydrogen) atoms. The number of nitrogens with one attached hydrogen (secondary N) is 1. The Morgan fingerprint density at radius 1 is 1.25 bits per heavy atom. The van der Waals surface area contributed by atoms with E-state index in [2.05, 4.69) is 29.3 Å². The Balaban J connectivity index is 1.49. The molecule has 0 amide bonds. The molecule has 1 unspecified atom stereocenters. The molecule has 1 fully saturated rings. The average molecular weight is 332 g/mol. The van der Waals surface area contributed by atoms with Gasteiger partial charge in [0.15, 0.2) is 0 Å². The molecular weight excluding hydrogens is 300 g/mol. The summed E-state index contributed by atoms with van der Waals surface area (Å²) in [5.74, 6) is 1.53. The number of ether oxygens (including phenoxy) is 1. The molecule has 0 aromatic heterocycles. The maximum absolute atomic E-state index is 9.33. The van der Waals surface area contributed by atoms with Crippen molar-refractivity contribution in [2.45, 2.75) is 45.6 Å².